The average molecular weight is 99.1 g/mol. The molecule has 1 aliphatic rings. The number of ether oxygens (including phenoxy) is 1. The molecular weight excluding hydrogens is 90.1 g/mol. The lowest BCUT2D eigenvalue weighted by Crippen LogP contribution is -2.08. The lowest BCUT2D eigenvalue weighted by atomic mass is 10.3. The molecule has 2 heteroatoms. The van der Waals surface area contributed by atoms with Crippen LogP contribution in [0.5, 0.6) is 0 Å². The van der Waals surface area contributed by atoms with E-state index in [0.717, 1.165) is 5.71 Å². The highest BCUT2D eigenvalue weighted by atomic mass is 16.5. The third-order valence-electron chi connectivity index (χ3n) is 1.23. The number of hydrogen-bond donors (Lipinski definition) is 0. The van der Waals surface area contributed by atoms with Crippen molar-refractivity contribution in [1.29, 1.82) is 0 Å². The Bertz CT molecular complexity index is 98.3. The van der Waals surface area contributed by atoms with Crippen LogP contribution in [0.25, 0.3) is 0 Å². The molecule has 1 aliphatic heterocycles. The SMILES string of the molecule is CC1=NCOC1C. The quantitative estimate of drug-likeness (QED) is 0.440. The van der Waals surface area contributed by atoms with E-state index in [2.05, 4.69) is 4.99 Å². The Kier molecular flexibility index (Phi) is 1.11. The molecule has 0 radical (unpaired) electrons. The van der Waals surface area contributed by atoms with Gasteiger partial charge in [-0.25, -0.2) is 0 Å². The third kappa shape index (κ3) is 0.800. The van der Waals surface area contributed by atoms with Crippen LogP contribution in [0.2, 0.25) is 0 Å². The van der Waals surface area contributed by atoms with E-state index < -0.39 is 0 Å². The van der Waals surface area contributed by atoms with Crippen molar-refractivity contribution in [2.24, 2.45) is 4.99 Å². The summed E-state index contributed by atoms with van der Waals surface area (Å²) in [6.45, 7) is 4.55. The number of rotatable bonds is 0. The summed E-state index contributed by atoms with van der Waals surface area (Å²) in [5, 5.41) is 0. The zero-order valence-electron chi connectivity index (χ0n) is 4.64. The molecular formula is C5H9NO. The summed E-state index contributed by atoms with van der Waals surface area (Å²) in [5.74, 6) is 0. The van der Waals surface area contributed by atoms with Gasteiger partial charge in [0.15, 0.2) is 0 Å². The monoisotopic (exact) mass is 99.1 g/mol. The van der Waals surface area contributed by atoms with Gasteiger partial charge in [-0.05, 0) is 13.8 Å². The van der Waals surface area contributed by atoms with Crippen LogP contribution in [-0.2, 0) is 4.74 Å². The zero-order valence-corrected chi connectivity index (χ0v) is 4.64. The Morgan fingerprint density at radius 3 is 2.71 bits per heavy atom. The van der Waals surface area contributed by atoms with E-state index in [4.69, 9.17) is 4.74 Å². The minimum atomic E-state index is 0.264. The second-order valence-corrected chi connectivity index (χ2v) is 1.74. The maximum atomic E-state index is 5.06. The van der Waals surface area contributed by atoms with Crippen LogP contribution in [-0.4, -0.2) is 18.5 Å². The van der Waals surface area contributed by atoms with Crippen molar-refractivity contribution >= 4 is 5.71 Å². The van der Waals surface area contributed by atoms with Gasteiger partial charge in [-0.15, -0.1) is 0 Å². The maximum absolute atomic E-state index is 5.06. The van der Waals surface area contributed by atoms with Gasteiger partial charge in [-0.2, -0.15) is 0 Å². The Morgan fingerprint density at radius 1 is 1.86 bits per heavy atom. The van der Waals surface area contributed by atoms with Crippen LogP contribution in [0.4, 0.5) is 0 Å². The van der Waals surface area contributed by atoms with Crippen LogP contribution in [0.15, 0.2) is 4.99 Å². The van der Waals surface area contributed by atoms with Gasteiger partial charge in [0.1, 0.15) is 6.73 Å². The largest absolute Gasteiger partial charge is 0.350 e. The smallest absolute Gasteiger partial charge is 0.138 e. The summed E-state index contributed by atoms with van der Waals surface area (Å²) in [6.07, 6.45) is 0.264. The van der Waals surface area contributed by atoms with Crippen molar-refractivity contribution in [3.63, 3.8) is 0 Å². The zero-order chi connectivity index (χ0) is 5.28. The highest BCUT2D eigenvalue weighted by molar-refractivity contribution is 5.86. The molecule has 1 rings (SSSR count). The van der Waals surface area contributed by atoms with E-state index in [1.165, 1.54) is 0 Å². The van der Waals surface area contributed by atoms with E-state index in [1.807, 2.05) is 13.8 Å². The third-order valence-corrected chi connectivity index (χ3v) is 1.23. The molecule has 7 heavy (non-hydrogen) atoms. The molecule has 0 aliphatic carbocycles. The number of hydrogen-bond acceptors (Lipinski definition) is 2. The van der Waals surface area contributed by atoms with Gasteiger partial charge in [-0.3, -0.25) is 4.99 Å². The van der Waals surface area contributed by atoms with Crippen LogP contribution < -0.4 is 0 Å². The molecule has 0 fully saturated rings. The summed E-state index contributed by atoms with van der Waals surface area (Å²) in [4.78, 5) is 4.01. The van der Waals surface area contributed by atoms with Crippen molar-refractivity contribution in [3.05, 3.63) is 0 Å². The lowest BCUT2D eigenvalue weighted by molar-refractivity contribution is 0.139. The standard InChI is InChI=1S/C5H9NO/c1-4-5(2)7-3-6-4/h5H,3H2,1-2H3. The van der Waals surface area contributed by atoms with Gasteiger partial charge < -0.3 is 4.74 Å². The lowest BCUT2D eigenvalue weighted by Gasteiger charge is -1.97. The van der Waals surface area contributed by atoms with Gasteiger partial charge in [-0.1, -0.05) is 0 Å². The number of nitrogens with zero attached hydrogens (tertiary/aromatic N) is 1. The molecule has 0 aromatic rings. The van der Waals surface area contributed by atoms with E-state index >= 15 is 0 Å². The Labute approximate surface area is 43.2 Å². The summed E-state index contributed by atoms with van der Waals surface area (Å²) >= 11 is 0. The Balaban J connectivity index is 2.54. The molecule has 0 saturated carbocycles. The molecule has 0 amide bonds. The first kappa shape index (κ1) is 4.78. The molecule has 40 valence electrons. The van der Waals surface area contributed by atoms with Crippen LogP contribution in [0.1, 0.15) is 13.8 Å². The summed E-state index contributed by atoms with van der Waals surface area (Å²) in [5.41, 5.74) is 1.11. The van der Waals surface area contributed by atoms with E-state index in [-0.39, 0.29) is 6.10 Å². The fraction of sp³-hybridized carbons (Fsp3) is 0.800. The molecule has 1 atom stereocenters. The minimum absolute atomic E-state index is 0.264. The normalized spacial score (nSPS) is 30.6. The van der Waals surface area contributed by atoms with Crippen LogP contribution in [0, 0.1) is 0 Å². The van der Waals surface area contributed by atoms with E-state index in [1.54, 1.807) is 0 Å². The molecule has 0 spiro atoms. The van der Waals surface area contributed by atoms with Gasteiger partial charge in [0, 0.05) is 5.71 Å². The van der Waals surface area contributed by atoms with Crippen molar-refractivity contribution in [3.8, 4) is 0 Å². The van der Waals surface area contributed by atoms with Gasteiger partial charge in [0.2, 0.25) is 0 Å². The average Bonchev–Trinajstić information content (AvgIpc) is 1.91. The van der Waals surface area contributed by atoms with Crippen molar-refractivity contribution in [2.45, 2.75) is 20.0 Å². The predicted octanol–water partition coefficient (Wildman–Crippen LogP) is 0.824. The fourth-order valence-corrected chi connectivity index (χ4v) is 0.500. The number of aliphatic imine (C=N–C) groups is 1. The van der Waals surface area contributed by atoms with E-state index in [9.17, 15) is 0 Å². The first-order valence-electron chi connectivity index (χ1n) is 2.43. The van der Waals surface area contributed by atoms with Crippen molar-refractivity contribution < 1.29 is 4.74 Å². The molecule has 0 saturated heterocycles. The topological polar surface area (TPSA) is 21.6 Å². The first-order chi connectivity index (χ1) is 3.30. The molecule has 1 unspecified atom stereocenters. The summed E-state index contributed by atoms with van der Waals surface area (Å²) < 4.78 is 5.06. The van der Waals surface area contributed by atoms with Crippen molar-refractivity contribution in [1.82, 2.24) is 0 Å². The second-order valence-electron chi connectivity index (χ2n) is 1.74. The Morgan fingerprint density at radius 2 is 2.57 bits per heavy atom. The van der Waals surface area contributed by atoms with Gasteiger partial charge in [0.05, 0.1) is 6.10 Å². The van der Waals surface area contributed by atoms with Crippen LogP contribution in [0.3, 0.4) is 0 Å². The first-order valence-corrected chi connectivity index (χ1v) is 2.43. The van der Waals surface area contributed by atoms with Gasteiger partial charge >= 0.3 is 0 Å². The molecule has 0 bridgehead atoms. The molecule has 1 heterocycles. The molecule has 0 aromatic heterocycles. The second kappa shape index (κ2) is 1.62. The molecule has 0 aromatic carbocycles. The highest BCUT2D eigenvalue weighted by Crippen LogP contribution is 2.01. The van der Waals surface area contributed by atoms with Crippen LogP contribution >= 0.6 is 0 Å². The predicted molar refractivity (Wildman–Crippen MR) is 28.5 cm³/mol. The summed E-state index contributed by atoms with van der Waals surface area (Å²) in [7, 11) is 0. The highest BCUT2D eigenvalue weighted by Gasteiger charge is 2.09. The fourth-order valence-electron chi connectivity index (χ4n) is 0.500. The minimum Gasteiger partial charge on any atom is -0.350 e. The maximum Gasteiger partial charge on any atom is 0.138 e. The van der Waals surface area contributed by atoms with E-state index in [0.29, 0.717) is 6.73 Å². The summed E-state index contributed by atoms with van der Waals surface area (Å²) in [6, 6.07) is 0. The molecule has 2 nitrogen and oxygen atoms in total. The van der Waals surface area contributed by atoms with Gasteiger partial charge in [0.25, 0.3) is 0 Å². The molecule has 0 N–H and O–H groups in total. The van der Waals surface area contributed by atoms with Crippen molar-refractivity contribution in [2.75, 3.05) is 6.73 Å². The Hall–Kier alpha value is -0.370.